The Morgan fingerprint density at radius 3 is 2.08 bits per heavy atom. The van der Waals surface area contributed by atoms with Crippen molar-refractivity contribution < 1.29 is 0 Å². The largest absolute Gasteiger partial charge is 0.309 e. The van der Waals surface area contributed by atoms with Crippen LogP contribution in [0.4, 0.5) is 0 Å². The number of rotatable bonds is 0. The molecule has 2 aliphatic rings. The van der Waals surface area contributed by atoms with Crippen LogP contribution in [0.3, 0.4) is 0 Å². The molecule has 0 amide bonds. The minimum absolute atomic E-state index is 0. The Morgan fingerprint density at radius 2 is 1.92 bits per heavy atom. The minimum Gasteiger partial charge on any atom is -0.309 e. The van der Waals surface area contributed by atoms with E-state index in [-0.39, 0.29) is 17.8 Å². The van der Waals surface area contributed by atoms with E-state index in [2.05, 4.69) is 20.8 Å². The van der Waals surface area contributed by atoms with Gasteiger partial charge in [0.15, 0.2) is 0 Å². The van der Waals surface area contributed by atoms with Crippen LogP contribution >= 0.6 is 12.4 Å². The van der Waals surface area contributed by atoms with Gasteiger partial charge in [0.1, 0.15) is 0 Å². The van der Waals surface area contributed by atoms with E-state index in [9.17, 15) is 0 Å². The summed E-state index contributed by atoms with van der Waals surface area (Å²) in [5, 5.41) is 7.89. The summed E-state index contributed by atoms with van der Waals surface area (Å²) in [5.74, 6) is 0.806. The van der Waals surface area contributed by atoms with E-state index < -0.39 is 0 Å². The fourth-order valence-corrected chi connectivity index (χ4v) is 2.97. The lowest BCUT2D eigenvalue weighted by atomic mass is 9.70. The van der Waals surface area contributed by atoms with Crippen molar-refractivity contribution in [3.8, 4) is 0 Å². The zero-order chi connectivity index (χ0) is 8.28. The third-order valence-corrected chi connectivity index (χ3v) is 4.55. The average molecular weight is 188 g/mol. The third kappa shape index (κ3) is 0.834. The Morgan fingerprint density at radius 1 is 1.33 bits per heavy atom. The maximum absolute atomic E-state index is 7.89. The molecule has 2 unspecified atom stereocenters. The predicted octanol–water partition coefficient (Wildman–Crippen LogP) is 3.27. The third-order valence-electron chi connectivity index (χ3n) is 4.55. The summed E-state index contributed by atoms with van der Waals surface area (Å²) in [6.07, 6.45) is 3.68. The Balaban J connectivity index is 0.000000720. The van der Waals surface area contributed by atoms with Crippen molar-refractivity contribution in [2.24, 2.45) is 16.7 Å². The fraction of sp³-hybridized carbons (Fsp3) is 0.900. The predicted molar refractivity (Wildman–Crippen MR) is 54.2 cm³/mol. The number of hydrogen-bond donors (Lipinski definition) is 1. The van der Waals surface area contributed by atoms with Gasteiger partial charge in [-0.05, 0) is 30.6 Å². The van der Waals surface area contributed by atoms with Crippen molar-refractivity contribution >= 4 is 18.1 Å². The highest BCUT2D eigenvalue weighted by Gasteiger charge is 2.59. The summed E-state index contributed by atoms with van der Waals surface area (Å²) in [4.78, 5) is 0. The number of halogens is 1. The van der Waals surface area contributed by atoms with Gasteiger partial charge in [0, 0.05) is 11.1 Å². The lowest BCUT2D eigenvalue weighted by Crippen LogP contribution is -2.31. The van der Waals surface area contributed by atoms with E-state index in [0.717, 1.165) is 18.1 Å². The van der Waals surface area contributed by atoms with E-state index in [0.29, 0.717) is 5.41 Å². The summed E-state index contributed by atoms with van der Waals surface area (Å²) < 4.78 is 0. The summed E-state index contributed by atoms with van der Waals surface area (Å²) in [7, 11) is 0. The summed E-state index contributed by atoms with van der Waals surface area (Å²) in [5.41, 5.74) is 1.67. The van der Waals surface area contributed by atoms with E-state index in [1.165, 1.54) is 12.8 Å². The molecule has 2 atom stereocenters. The van der Waals surface area contributed by atoms with Gasteiger partial charge in [0.2, 0.25) is 0 Å². The molecule has 0 aromatic carbocycles. The SMILES string of the molecule is CC12CCC(CC1=N)C2(C)C.Cl. The minimum atomic E-state index is 0. The molecule has 0 heterocycles. The summed E-state index contributed by atoms with van der Waals surface area (Å²) in [6, 6.07) is 0. The first kappa shape index (κ1) is 10.0. The molecule has 0 spiro atoms. The van der Waals surface area contributed by atoms with Gasteiger partial charge in [-0.25, -0.2) is 0 Å². The molecular weight excluding hydrogens is 170 g/mol. The van der Waals surface area contributed by atoms with E-state index in [1.54, 1.807) is 0 Å². The van der Waals surface area contributed by atoms with Gasteiger partial charge in [-0.15, -0.1) is 12.4 Å². The number of fused-ring (bicyclic) bond motifs is 2. The molecule has 12 heavy (non-hydrogen) atoms. The van der Waals surface area contributed by atoms with Crippen LogP contribution in [0.2, 0.25) is 0 Å². The molecule has 1 nitrogen and oxygen atoms in total. The van der Waals surface area contributed by atoms with Gasteiger partial charge in [0.25, 0.3) is 0 Å². The number of hydrogen-bond acceptors (Lipinski definition) is 1. The molecule has 0 aliphatic heterocycles. The van der Waals surface area contributed by atoms with Crippen molar-refractivity contribution in [3.05, 3.63) is 0 Å². The normalized spacial score (nSPS) is 42.9. The van der Waals surface area contributed by atoms with Crippen LogP contribution in [-0.4, -0.2) is 5.71 Å². The molecule has 2 rings (SSSR count). The van der Waals surface area contributed by atoms with Crippen molar-refractivity contribution in [2.75, 3.05) is 0 Å². The quantitative estimate of drug-likeness (QED) is 0.602. The molecule has 2 bridgehead atoms. The van der Waals surface area contributed by atoms with Gasteiger partial charge in [-0.3, -0.25) is 0 Å². The molecule has 0 radical (unpaired) electrons. The highest BCUT2D eigenvalue weighted by Crippen LogP contribution is 2.63. The van der Waals surface area contributed by atoms with Crippen LogP contribution < -0.4 is 0 Å². The van der Waals surface area contributed by atoms with Gasteiger partial charge < -0.3 is 5.41 Å². The van der Waals surface area contributed by atoms with Crippen LogP contribution in [0.5, 0.6) is 0 Å². The van der Waals surface area contributed by atoms with E-state index in [4.69, 9.17) is 5.41 Å². The lowest BCUT2D eigenvalue weighted by Gasteiger charge is -2.34. The zero-order valence-electron chi connectivity index (χ0n) is 8.11. The first-order valence-corrected chi connectivity index (χ1v) is 4.56. The smallest absolute Gasteiger partial charge is 0.0156 e. The monoisotopic (exact) mass is 187 g/mol. The average Bonchev–Trinajstić information content (AvgIpc) is 2.20. The van der Waals surface area contributed by atoms with Crippen molar-refractivity contribution in [2.45, 2.75) is 40.0 Å². The number of nitrogens with one attached hydrogen (secondary N) is 1. The maximum atomic E-state index is 7.89. The fourth-order valence-electron chi connectivity index (χ4n) is 2.97. The second kappa shape index (κ2) is 2.47. The van der Waals surface area contributed by atoms with Crippen molar-refractivity contribution in [1.82, 2.24) is 0 Å². The molecule has 70 valence electrons. The van der Waals surface area contributed by atoms with E-state index in [1.807, 2.05) is 0 Å². The molecule has 1 N–H and O–H groups in total. The summed E-state index contributed by atoms with van der Waals surface area (Å²) in [6.45, 7) is 6.96. The topological polar surface area (TPSA) is 23.9 Å². The maximum Gasteiger partial charge on any atom is 0.0156 e. The van der Waals surface area contributed by atoms with Gasteiger partial charge >= 0.3 is 0 Å². The molecule has 2 saturated carbocycles. The molecule has 2 aliphatic carbocycles. The van der Waals surface area contributed by atoms with Crippen LogP contribution in [0.25, 0.3) is 0 Å². The van der Waals surface area contributed by atoms with Crippen molar-refractivity contribution in [3.63, 3.8) is 0 Å². The van der Waals surface area contributed by atoms with Crippen molar-refractivity contribution in [1.29, 1.82) is 5.41 Å². The first-order valence-electron chi connectivity index (χ1n) is 4.56. The van der Waals surface area contributed by atoms with Gasteiger partial charge in [-0.2, -0.15) is 0 Å². The highest BCUT2D eigenvalue weighted by atomic mass is 35.5. The van der Waals surface area contributed by atoms with Gasteiger partial charge in [0.05, 0.1) is 0 Å². The Hall–Kier alpha value is -0.0400. The van der Waals surface area contributed by atoms with Gasteiger partial charge in [-0.1, -0.05) is 20.8 Å². The molecular formula is C10H18ClN. The standard InChI is InChI=1S/C10H17N.ClH/c1-9(2)7-4-5-10(9,3)8(11)6-7;/h7,11H,4-6H2,1-3H3;1H. The zero-order valence-corrected chi connectivity index (χ0v) is 8.92. The van der Waals surface area contributed by atoms with E-state index >= 15 is 0 Å². The lowest BCUT2D eigenvalue weighted by molar-refractivity contribution is 0.193. The van der Waals surface area contributed by atoms with Crippen LogP contribution in [0, 0.1) is 22.2 Å². The first-order chi connectivity index (χ1) is 4.98. The second-order valence-corrected chi connectivity index (χ2v) is 4.97. The Bertz CT molecular complexity index is 222. The Labute approximate surface area is 80.9 Å². The summed E-state index contributed by atoms with van der Waals surface area (Å²) >= 11 is 0. The molecule has 0 aromatic heterocycles. The molecule has 0 saturated heterocycles. The highest BCUT2D eigenvalue weighted by molar-refractivity contribution is 5.91. The molecule has 2 heteroatoms. The van der Waals surface area contributed by atoms with Crippen LogP contribution in [0.15, 0.2) is 0 Å². The second-order valence-electron chi connectivity index (χ2n) is 4.97. The van der Waals surface area contributed by atoms with Crippen LogP contribution in [0.1, 0.15) is 40.0 Å². The molecule has 0 aromatic rings. The molecule has 2 fully saturated rings. The Kier molecular flexibility index (Phi) is 2.07. The van der Waals surface area contributed by atoms with Crippen LogP contribution in [-0.2, 0) is 0 Å².